The number of nitrogens with zero attached hydrogens (tertiary/aromatic N) is 5. The Labute approximate surface area is 184 Å². The quantitative estimate of drug-likeness (QED) is 0.373. The van der Waals surface area contributed by atoms with Gasteiger partial charge >= 0.3 is 0 Å². The van der Waals surface area contributed by atoms with Crippen LogP contribution >= 0.6 is 0 Å². The molecule has 8 nitrogen and oxygen atoms in total. The SMILES string of the molecule is N#Cc1ccc(/C=N/NC(=NC(=O)c2ccccc2)N/N=C/c2ccc(C#N)cc2)cc1. The summed E-state index contributed by atoms with van der Waals surface area (Å²) in [5.41, 5.74) is 8.36. The molecular formula is C24H17N7O. The molecule has 0 saturated carbocycles. The molecule has 3 rings (SSSR count). The van der Waals surface area contributed by atoms with Crippen LogP contribution in [0.2, 0.25) is 0 Å². The topological polar surface area (TPSA) is 126 Å². The number of hydrazone groups is 2. The number of carbonyl (C=O) groups is 1. The molecule has 154 valence electrons. The molecule has 0 aliphatic rings. The highest BCUT2D eigenvalue weighted by Gasteiger charge is 2.05. The summed E-state index contributed by atoms with van der Waals surface area (Å²) in [5.74, 6) is -0.448. The maximum atomic E-state index is 12.4. The molecule has 32 heavy (non-hydrogen) atoms. The molecule has 8 heteroatoms. The van der Waals surface area contributed by atoms with Crippen LogP contribution in [0.5, 0.6) is 0 Å². The van der Waals surface area contributed by atoms with Gasteiger partial charge in [-0.15, -0.1) is 0 Å². The predicted molar refractivity (Wildman–Crippen MR) is 122 cm³/mol. The highest BCUT2D eigenvalue weighted by Crippen LogP contribution is 2.02. The summed E-state index contributed by atoms with van der Waals surface area (Å²) in [6.07, 6.45) is 3.05. The molecule has 0 spiro atoms. The number of nitriles is 2. The van der Waals surface area contributed by atoms with Gasteiger partial charge in [-0.2, -0.15) is 25.7 Å². The van der Waals surface area contributed by atoms with Crippen LogP contribution in [0.25, 0.3) is 0 Å². The number of hydrogen-bond donors (Lipinski definition) is 2. The molecule has 0 unspecified atom stereocenters. The molecule has 0 fully saturated rings. The number of rotatable bonds is 5. The second-order valence-electron chi connectivity index (χ2n) is 6.34. The maximum absolute atomic E-state index is 12.4. The van der Waals surface area contributed by atoms with E-state index in [-0.39, 0.29) is 5.96 Å². The summed E-state index contributed by atoms with van der Waals surface area (Å²) in [7, 11) is 0. The number of nitrogens with one attached hydrogen (secondary N) is 2. The first-order valence-electron chi connectivity index (χ1n) is 9.44. The van der Waals surface area contributed by atoms with Crippen molar-refractivity contribution in [3.05, 3.63) is 107 Å². The lowest BCUT2D eigenvalue weighted by Crippen LogP contribution is -2.32. The molecule has 0 heterocycles. The van der Waals surface area contributed by atoms with E-state index in [0.717, 1.165) is 11.1 Å². The van der Waals surface area contributed by atoms with Gasteiger partial charge < -0.3 is 0 Å². The Morgan fingerprint density at radius 1 is 0.719 bits per heavy atom. The molecule has 0 aliphatic heterocycles. The Kier molecular flexibility index (Phi) is 7.56. The molecule has 0 saturated heterocycles. The lowest BCUT2D eigenvalue weighted by atomic mass is 10.2. The van der Waals surface area contributed by atoms with Crippen molar-refractivity contribution in [2.24, 2.45) is 15.2 Å². The largest absolute Gasteiger partial charge is 0.280 e. The molecule has 0 radical (unpaired) electrons. The van der Waals surface area contributed by atoms with E-state index in [1.165, 1.54) is 12.4 Å². The number of aliphatic imine (C=N–C) groups is 1. The molecule has 2 N–H and O–H groups in total. The van der Waals surface area contributed by atoms with Gasteiger partial charge in [0.25, 0.3) is 5.91 Å². The van der Waals surface area contributed by atoms with E-state index in [1.807, 2.05) is 6.07 Å². The van der Waals surface area contributed by atoms with Crippen molar-refractivity contribution in [1.82, 2.24) is 10.9 Å². The molecular weight excluding hydrogens is 402 g/mol. The fraction of sp³-hybridized carbons (Fsp3) is 0. The summed E-state index contributed by atoms with van der Waals surface area (Å²) in [4.78, 5) is 16.4. The van der Waals surface area contributed by atoms with E-state index in [0.29, 0.717) is 16.7 Å². The van der Waals surface area contributed by atoms with Crippen molar-refractivity contribution in [3.63, 3.8) is 0 Å². The number of hydrogen-bond acceptors (Lipinski definition) is 5. The summed E-state index contributed by atoms with van der Waals surface area (Å²) >= 11 is 0. The standard InChI is InChI=1S/C24H17N7O/c25-14-18-6-10-20(11-7-18)16-27-30-24(29-23(32)22-4-2-1-3-5-22)31-28-17-21-12-8-19(15-26)9-13-21/h1-13,16-17H,(H2,29,30,31,32)/b27-16+,28-17+. The molecule has 3 aromatic rings. The van der Waals surface area contributed by atoms with Crippen molar-refractivity contribution >= 4 is 24.3 Å². The third-order valence-corrected chi connectivity index (χ3v) is 4.08. The highest BCUT2D eigenvalue weighted by atomic mass is 16.1. The first-order chi connectivity index (χ1) is 15.7. The third kappa shape index (κ3) is 6.48. The lowest BCUT2D eigenvalue weighted by molar-refractivity contribution is 0.100. The molecule has 0 aromatic heterocycles. The van der Waals surface area contributed by atoms with Gasteiger partial charge in [0.2, 0.25) is 5.96 Å². The van der Waals surface area contributed by atoms with Crippen LogP contribution in [0, 0.1) is 22.7 Å². The first-order valence-corrected chi connectivity index (χ1v) is 9.44. The third-order valence-electron chi connectivity index (χ3n) is 4.08. The van der Waals surface area contributed by atoms with E-state index < -0.39 is 5.91 Å². The van der Waals surface area contributed by atoms with Gasteiger partial charge in [0.05, 0.1) is 35.7 Å². The number of amides is 1. The average Bonchev–Trinajstić information content (AvgIpc) is 2.85. The number of carbonyl (C=O) groups excluding carboxylic acids is 1. The van der Waals surface area contributed by atoms with Crippen molar-refractivity contribution in [1.29, 1.82) is 10.5 Å². The van der Waals surface area contributed by atoms with E-state index in [2.05, 4.69) is 38.2 Å². The Morgan fingerprint density at radius 2 is 1.19 bits per heavy atom. The monoisotopic (exact) mass is 419 g/mol. The zero-order valence-electron chi connectivity index (χ0n) is 16.8. The maximum Gasteiger partial charge on any atom is 0.280 e. The van der Waals surface area contributed by atoms with Crippen molar-refractivity contribution in [2.75, 3.05) is 0 Å². The van der Waals surface area contributed by atoms with Crippen LogP contribution in [0.15, 0.2) is 94.1 Å². The van der Waals surface area contributed by atoms with E-state index in [9.17, 15) is 4.79 Å². The van der Waals surface area contributed by atoms with Gasteiger partial charge in [0, 0.05) is 5.56 Å². The number of benzene rings is 3. The van der Waals surface area contributed by atoms with E-state index in [1.54, 1.807) is 72.8 Å². The Morgan fingerprint density at radius 3 is 1.62 bits per heavy atom. The van der Waals surface area contributed by atoms with Crippen LogP contribution in [0.3, 0.4) is 0 Å². The van der Waals surface area contributed by atoms with Crippen molar-refractivity contribution < 1.29 is 4.79 Å². The molecule has 0 atom stereocenters. The summed E-state index contributed by atoms with van der Waals surface area (Å²) in [6, 6.07) is 26.4. The van der Waals surface area contributed by atoms with Gasteiger partial charge in [-0.3, -0.25) is 4.79 Å². The van der Waals surface area contributed by atoms with E-state index >= 15 is 0 Å². The minimum Gasteiger partial charge on any atom is -0.267 e. The van der Waals surface area contributed by atoms with Crippen LogP contribution in [-0.4, -0.2) is 24.3 Å². The second kappa shape index (κ2) is 11.2. The molecule has 1 amide bonds. The second-order valence-corrected chi connectivity index (χ2v) is 6.34. The zero-order valence-corrected chi connectivity index (χ0v) is 16.8. The van der Waals surface area contributed by atoms with Gasteiger partial charge in [-0.05, 0) is 47.5 Å². The Hall–Kier alpha value is -5.08. The van der Waals surface area contributed by atoms with Crippen molar-refractivity contribution in [2.45, 2.75) is 0 Å². The normalized spacial score (nSPS) is 10.3. The molecule has 3 aromatic carbocycles. The van der Waals surface area contributed by atoms with E-state index in [4.69, 9.17) is 10.5 Å². The summed E-state index contributed by atoms with van der Waals surface area (Å²) in [6.45, 7) is 0. The fourth-order valence-electron chi connectivity index (χ4n) is 2.45. The average molecular weight is 419 g/mol. The summed E-state index contributed by atoms with van der Waals surface area (Å²) in [5, 5.41) is 25.9. The summed E-state index contributed by atoms with van der Waals surface area (Å²) < 4.78 is 0. The highest BCUT2D eigenvalue weighted by molar-refractivity contribution is 6.02. The smallest absolute Gasteiger partial charge is 0.267 e. The van der Waals surface area contributed by atoms with Gasteiger partial charge in [-0.1, -0.05) is 42.5 Å². The van der Waals surface area contributed by atoms with Crippen LogP contribution < -0.4 is 10.9 Å². The van der Waals surface area contributed by atoms with Crippen molar-refractivity contribution in [3.8, 4) is 12.1 Å². The van der Waals surface area contributed by atoms with Crippen LogP contribution in [0.1, 0.15) is 32.6 Å². The minimum absolute atomic E-state index is 0.0219. The minimum atomic E-state index is -0.470. The fourth-order valence-corrected chi connectivity index (χ4v) is 2.45. The van der Waals surface area contributed by atoms with Crippen LogP contribution in [0.4, 0.5) is 0 Å². The van der Waals surface area contributed by atoms with Gasteiger partial charge in [0.1, 0.15) is 0 Å². The van der Waals surface area contributed by atoms with Crippen LogP contribution in [-0.2, 0) is 0 Å². The number of guanidine groups is 1. The predicted octanol–water partition coefficient (Wildman–Crippen LogP) is 3.17. The zero-order chi connectivity index (χ0) is 22.6. The Balaban J connectivity index is 1.73. The van der Waals surface area contributed by atoms with Gasteiger partial charge in [-0.25, -0.2) is 10.9 Å². The Bertz CT molecular complexity index is 1160. The van der Waals surface area contributed by atoms with Gasteiger partial charge in [0.15, 0.2) is 0 Å². The first kappa shape index (κ1) is 21.6. The molecule has 0 bridgehead atoms. The molecule has 0 aliphatic carbocycles. The lowest BCUT2D eigenvalue weighted by Gasteiger charge is -2.04.